The molecule has 0 saturated carbocycles. The van der Waals surface area contributed by atoms with Crippen molar-refractivity contribution in [3.8, 4) is 5.75 Å². The minimum absolute atomic E-state index is 0.0437. The number of methoxy groups -OCH3 is 1. The molecule has 0 radical (unpaired) electrons. The van der Waals surface area contributed by atoms with Crippen LogP contribution < -0.4 is 20.3 Å². The number of rotatable bonds is 11. The Hall–Kier alpha value is -4.93. The van der Waals surface area contributed by atoms with Gasteiger partial charge in [0, 0.05) is 40.4 Å². The number of para-hydroxylation sites is 1. The Kier molecular flexibility index (Phi) is 11.3. The van der Waals surface area contributed by atoms with Crippen LogP contribution in [0.2, 0.25) is 10.0 Å². The maximum atomic E-state index is 13.0. The number of aryl methyl sites for hydroxylation is 1. The molecule has 1 aromatic heterocycles. The largest absolute Gasteiger partial charge is 0.487 e. The Bertz CT molecular complexity index is 1810. The molecule has 0 aliphatic rings. The summed E-state index contributed by atoms with van der Waals surface area (Å²) >= 11 is 13.2. The first-order valence-electron chi connectivity index (χ1n) is 14.2. The minimum atomic E-state index is -0.794. The fourth-order valence-electron chi connectivity index (χ4n) is 4.37. The lowest BCUT2D eigenvalue weighted by molar-refractivity contribution is -0.142. The Morgan fingerprint density at radius 3 is 2.46 bits per heavy atom. The standard InChI is InChI=1S/C34H32Cl2N4O6/c1-20-8-12-23-6-5-7-28(32(23)38-20)46-19-25-26(35)15-16-27(31(25)36)40(3)30(42)18-37-29(41)17-11-22-9-13-24(14-10-22)33(43)39-21(2)34(44)45-4/h5-17,21H,18-19H2,1-4H3,(H,37,41)(H,39,43)/t21-/m1/s1. The van der Waals surface area contributed by atoms with E-state index in [9.17, 15) is 19.2 Å². The number of nitrogens with one attached hydrogen (secondary N) is 2. The van der Waals surface area contributed by atoms with E-state index < -0.39 is 29.7 Å². The van der Waals surface area contributed by atoms with Gasteiger partial charge >= 0.3 is 5.97 Å². The van der Waals surface area contributed by atoms with E-state index in [1.165, 1.54) is 31.1 Å². The molecular weight excluding hydrogens is 631 g/mol. The van der Waals surface area contributed by atoms with Crippen LogP contribution in [-0.2, 0) is 25.7 Å². The maximum absolute atomic E-state index is 13.0. The lowest BCUT2D eigenvalue weighted by Crippen LogP contribution is -2.39. The summed E-state index contributed by atoms with van der Waals surface area (Å²) in [6.07, 6.45) is 2.81. The quantitative estimate of drug-likeness (QED) is 0.160. The molecular formula is C34H32Cl2N4O6. The van der Waals surface area contributed by atoms with E-state index in [1.807, 2.05) is 37.3 Å². The highest BCUT2D eigenvalue weighted by atomic mass is 35.5. The lowest BCUT2D eigenvalue weighted by atomic mass is 10.1. The van der Waals surface area contributed by atoms with E-state index in [2.05, 4.69) is 20.4 Å². The van der Waals surface area contributed by atoms with Crippen molar-refractivity contribution < 1.29 is 28.7 Å². The van der Waals surface area contributed by atoms with Gasteiger partial charge in [0.2, 0.25) is 11.8 Å². The van der Waals surface area contributed by atoms with Gasteiger partial charge in [-0.25, -0.2) is 9.78 Å². The number of likely N-dealkylation sites (N-methyl/N-ethyl adjacent to an activating group) is 1. The third-order valence-electron chi connectivity index (χ3n) is 7.01. The number of benzene rings is 3. The molecule has 3 amide bonds. The average molecular weight is 664 g/mol. The number of nitrogens with zero attached hydrogens (tertiary/aromatic N) is 2. The topological polar surface area (TPSA) is 127 Å². The summed E-state index contributed by atoms with van der Waals surface area (Å²) in [6, 6.07) is 18.4. The molecule has 238 valence electrons. The van der Waals surface area contributed by atoms with Crippen LogP contribution in [0.1, 0.15) is 34.1 Å². The number of amides is 3. The highest BCUT2D eigenvalue weighted by molar-refractivity contribution is 6.38. The van der Waals surface area contributed by atoms with Crippen LogP contribution in [0.3, 0.4) is 0 Å². The van der Waals surface area contributed by atoms with Crippen molar-refractivity contribution >= 4 is 69.6 Å². The van der Waals surface area contributed by atoms with E-state index in [0.717, 1.165) is 16.6 Å². The number of aromatic nitrogens is 1. The van der Waals surface area contributed by atoms with Crippen molar-refractivity contribution in [2.24, 2.45) is 0 Å². The number of carbonyl (C=O) groups excluding carboxylic acids is 4. The molecule has 4 rings (SSSR count). The van der Waals surface area contributed by atoms with Gasteiger partial charge in [-0.15, -0.1) is 0 Å². The van der Waals surface area contributed by atoms with Crippen LogP contribution >= 0.6 is 23.2 Å². The van der Waals surface area contributed by atoms with E-state index in [1.54, 1.807) is 43.4 Å². The van der Waals surface area contributed by atoms with Crippen LogP contribution in [0.15, 0.2) is 72.8 Å². The molecule has 0 unspecified atom stereocenters. The molecule has 46 heavy (non-hydrogen) atoms. The molecule has 0 saturated heterocycles. The summed E-state index contributed by atoms with van der Waals surface area (Å²) < 4.78 is 10.7. The van der Waals surface area contributed by atoms with Gasteiger partial charge in [0.25, 0.3) is 5.91 Å². The Balaban J connectivity index is 1.34. The number of esters is 1. The Labute approximate surface area is 276 Å². The van der Waals surface area contributed by atoms with Gasteiger partial charge in [0.05, 0.1) is 24.4 Å². The maximum Gasteiger partial charge on any atom is 0.328 e. The first-order valence-corrected chi connectivity index (χ1v) is 14.9. The molecule has 1 atom stereocenters. The highest BCUT2D eigenvalue weighted by Crippen LogP contribution is 2.35. The zero-order valence-corrected chi connectivity index (χ0v) is 27.1. The third kappa shape index (κ3) is 8.41. The number of hydrogen-bond acceptors (Lipinski definition) is 7. The normalized spacial score (nSPS) is 11.6. The van der Waals surface area contributed by atoms with Crippen LogP contribution in [0.5, 0.6) is 5.75 Å². The molecule has 12 heteroatoms. The van der Waals surface area contributed by atoms with Crippen LogP contribution in [-0.4, -0.2) is 55.4 Å². The SMILES string of the molecule is COC(=O)[C@@H](C)NC(=O)c1ccc(C=CC(=O)NCC(=O)N(C)c2ccc(Cl)c(COc3cccc4ccc(C)nc34)c2Cl)cc1. The molecule has 0 spiro atoms. The summed E-state index contributed by atoms with van der Waals surface area (Å²) in [7, 11) is 2.79. The number of ether oxygens (including phenoxy) is 2. The van der Waals surface area contributed by atoms with Gasteiger partial charge in [0.15, 0.2) is 0 Å². The van der Waals surface area contributed by atoms with Crippen molar-refractivity contribution in [3.63, 3.8) is 0 Å². The molecule has 0 aliphatic heterocycles. The van der Waals surface area contributed by atoms with E-state index in [0.29, 0.717) is 33.1 Å². The van der Waals surface area contributed by atoms with Crippen molar-refractivity contribution in [1.29, 1.82) is 0 Å². The second kappa shape index (κ2) is 15.4. The summed E-state index contributed by atoms with van der Waals surface area (Å²) in [5.41, 5.74) is 3.45. The van der Waals surface area contributed by atoms with Crippen molar-refractivity contribution in [2.75, 3.05) is 25.6 Å². The molecule has 2 N–H and O–H groups in total. The number of halogens is 2. The van der Waals surface area contributed by atoms with Crippen molar-refractivity contribution in [2.45, 2.75) is 26.5 Å². The smallest absolute Gasteiger partial charge is 0.328 e. The molecule has 0 aliphatic carbocycles. The summed E-state index contributed by atoms with van der Waals surface area (Å²) in [5, 5.41) is 6.65. The molecule has 4 aromatic rings. The Morgan fingerprint density at radius 2 is 1.74 bits per heavy atom. The van der Waals surface area contributed by atoms with Gasteiger partial charge in [-0.1, -0.05) is 53.5 Å². The van der Waals surface area contributed by atoms with Crippen LogP contribution in [0, 0.1) is 6.92 Å². The van der Waals surface area contributed by atoms with Crippen LogP contribution in [0.25, 0.3) is 17.0 Å². The Morgan fingerprint density at radius 1 is 1.00 bits per heavy atom. The van der Waals surface area contributed by atoms with Gasteiger partial charge in [-0.3, -0.25) is 14.4 Å². The predicted octanol–water partition coefficient (Wildman–Crippen LogP) is 5.51. The van der Waals surface area contributed by atoms with Gasteiger partial charge in [-0.2, -0.15) is 0 Å². The molecule has 0 fully saturated rings. The number of carbonyl (C=O) groups is 4. The molecule has 10 nitrogen and oxygen atoms in total. The molecule has 3 aromatic carbocycles. The monoisotopic (exact) mass is 662 g/mol. The predicted molar refractivity (Wildman–Crippen MR) is 178 cm³/mol. The van der Waals surface area contributed by atoms with Crippen LogP contribution in [0.4, 0.5) is 5.69 Å². The highest BCUT2D eigenvalue weighted by Gasteiger charge is 2.20. The zero-order chi connectivity index (χ0) is 33.4. The number of hydrogen-bond donors (Lipinski definition) is 2. The number of anilines is 1. The number of pyridine rings is 1. The van der Waals surface area contributed by atoms with Crippen molar-refractivity contribution in [1.82, 2.24) is 15.6 Å². The first-order chi connectivity index (χ1) is 22.0. The number of fused-ring (bicyclic) bond motifs is 1. The third-order valence-corrected chi connectivity index (χ3v) is 7.79. The van der Waals surface area contributed by atoms with E-state index >= 15 is 0 Å². The second-order valence-corrected chi connectivity index (χ2v) is 11.1. The van der Waals surface area contributed by atoms with Gasteiger partial charge in [0.1, 0.15) is 23.9 Å². The fourth-order valence-corrected chi connectivity index (χ4v) is 4.97. The first kappa shape index (κ1) is 34.0. The minimum Gasteiger partial charge on any atom is -0.487 e. The van der Waals surface area contributed by atoms with Gasteiger partial charge < -0.3 is 25.0 Å². The van der Waals surface area contributed by atoms with E-state index in [-0.39, 0.29) is 18.2 Å². The van der Waals surface area contributed by atoms with E-state index in [4.69, 9.17) is 27.9 Å². The van der Waals surface area contributed by atoms with Crippen molar-refractivity contribution in [3.05, 3.63) is 105 Å². The summed E-state index contributed by atoms with van der Waals surface area (Å²) in [5.74, 6) is -1.33. The summed E-state index contributed by atoms with van der Waals surface area (Å²) in [6.45, 7) is 3.18. The average Bonchev–Trinajstić information content (AvgIpc) is 3.05. The molecule has 0 bridgehead atoms. The lowest BCUT2D eigenvalue weighted by Gasteiger charge is -2.21. The second-order valence-electron chi connectivity index (χ2n) is 10.3. The molecule has 1 heterocycles. The van der Waals surface area contributed by atoms with Gasteiger partial charge in [-0.05, 0) is 61.9 Å². The summed E-state index contributed by atoms with van der Waals surface area (Å²) in [4.78, 5) is 55.1. The zero-order valence-electron chi connectivity index (χ0n) is 25.6. The fraction of sp³-hybridized carbons (Fsp3) is 0.206.